The van der Waals surface area contributed by atoms with Gasteiger partial charge in [-0.2, -0.15) is 0 Å². The molecule has 0 aliphatic carbocycles. The summed E-state index contributed by atoms with van der Waals surface area (Å²) >= 11 is 0. The van der Waals surface area contributed by atoms with Crippen LogP contribution in [0.4, 0.5) is 4.39 Å². The van der Waals surface area contributed by atoms with E-state index in [0.29, 0.717) is 43.9 Å². The summed E-state index contributed by atoms with van der Waals surface area (Å²) in [5, 5.41) is 2.84. The number of rotatable bonds is 10. The lowest BCUT2D eigenvalue weighted by atomic mass is 10.1. The molecule has 0 unspecified atom stereocenters. The fourth-order valence-electron chi connectivity index (χ4n) is 2.40. The van der Waals surface area contributed by atoms with Gasteiger partial charge in [-0.05, 0) is 42.7 Å². The number of nitrogens with one attached hydrogen (secondary N) is 1. The average molecular weight is 361 g/mol. The van der Waals surface area contributed by atoms with Gasteiger partial charge in [0, 0.05) is 19.0 Å². The molecule has 0 spiro atoms. The van der Waals surface area contributed by atoms with Gasteiger partial charge >= 0.3 is 0 Å². The maximum atomic E-state index is 13.4. The molecule has 0 fully saturated rings. The van der Waals surface area contributed by atoms with Crippen molar-refractivity contribution in [3.63, 3.8) is 0 Å². The Morgan fingerprint density at radius 3 is 2.42 bits per heavy atom. The van der Waals surface area contributed by atoms with Crippen LogP contribution >= 0.6 is 0 Å². The van der Waals surface area contributed by atoms with Crippen molar-refractivity contribution >= 4 is 5.91 Å². The summed E-state index contributed by atoms with van der Waals surface area (Å²) in [5.41, 5.74) is 0.972. The van der Waals surface area contributed by atoms with Gasteiger partial charge in [-0.3, -0.25) is 4.79 Å². The Balaban J connectivity index is 1.67. The number of aryl methyl sites for hydroxylation is 1. The molecule has 0 atom stereocenters. The van der Waals surface area contributed by atoms with E-state index < -0.39 is 0 Å². The highest BCUT2D eigenvalue weighted by Gasteiger charge is 2.06. The summed E-state index contributed by atoms with van der Waals surface area (Å²) in [6.07, 6.45) is 1.56. The topological polar surface area (TPSA) is 56.8 Å². The van der Waals surface area contributed by atoms with E-state index in [4.69, 9.17) is 14.2 Å². The minimum atomic E-state index is -0.384. The molecule has 6 heteroatoms. The average Bonchev–Trinajstić information content (AvgIpc) is 2.67. The van der Waals surface area contributed by atoms with Crippen LogP contribution in [0.2, 0.25) is 0 Å². The third-order valence-electron chi connectivity index (χ3n) is 3.79. The predicted molar refractivity (Wildman–Crippen MR) is 97.4 cm³/mol. The molecule has 0 radical (unpaired) electrons. The number of ether oxygens (including phenoxy) is 3. The van der Waals surface area contributed by atoms with Crippen molar-refractivity contribution in [2.24, 2.45) is 0 Å². The minimum absolute atomic E-state index is 0.0438. The second-order valence-corrected chi connectivity index (χ2v) is 5.70. The lowest BCUT2D eigenvalue weighted by Crippen LogP contribution is -2.25. The van der Waals surface area contributed by atoms with E-state index in [1.165, 1.54) is 6.07 Å². The number of hydrogen-bond donors (Lipinski definition) is 1. The quantitative estimate of drug-likeness (QED) is 0.660. The molecule has 5 nitrogen and oxygen atoms in total. The van der Waals surface area contributed by atoms with Crippen LogP contribution in [0.1, 0.15) is 18.4 Å². The fraction of sp³-hybridized carbons (Fsp3) is 0.350. The van der Waals surface area contributed by atoms with Crippen molar-refractivity contribution < 1.29 is 23.4 Å². The molecule has 0 aliphatic heterocycles. The Morgan fingerprint density at radius 2 is 1.77 bits per heavy atom. The SMILES string of the molecule is COc1cc(CCC(=O)NCCCOc2ccccc2F)cc(OC)c1. The third-order valence-corrected chi connectivity index (χ3v) is 3.79. The standard InChI is InChI=1S/C20H24FNO4/c1-24-16-12-15(13-17(14-16)25-2)8-9-20(23)22-10-5-11-26-19-7-4-3-6-18(19)21/h3-4,6-7,12-14H,5,8-11H2,1-2H3,(H,22,23). The zero-order valence-electron chi connectivity index (χ0n) is 15.1. The molecule has 2 aromatic rings. The van der Waals surface area contributed by atoms with Crippen LogP contribution in [0.15, 0.2) is 42.5 Å². The Bertz CT molecular complexity index is 698. The summed E-state index contributed by atoms with van der Waals surface area (Å²) in [4.78, 5) is 11.9. The molecule has 0 aromatic heterocycles. The van der Waals surface area contributed by atoms with Crippen LogP contribution in [0, 0.1) is 5.82 Å². The number of amides is 1. The molecular formula is C20H24FNO4. The number of halogens is 1. The molecule has 2 aromatic carbocycles. The van der Waals surface area contributed by atoms with Gasteiger partial charge in [-0.25, -0.2) is 4.39 Å². The molecule has 1 amide bonds. The Hall–Kier alpha value is -2.76. The van der Waals surface area contributed by atoms with Gasteiger partial charge in [0.25, 0.3) is 0 Å². The molecule has 0 bridgehead atoms. The molecule has 0 saturated heterocycles. The number of para-hydroxylation sites is 1. The van der Waals surface area contributed by atoms with Gasteiger partial charge in [0.15, 0.2) is 11.6 Å². The van der Waals surface area contributed by atoms with E-state index in [0.717, 1.165) is 5.56 Å². The van der Waals surface area contributed by atoms with E-state index in [-0.39, 0.29) is 17.5 Å². The van der Waals surface area contributed by atoms with Crippen molar-refractivity contribution in [2.75, 3.05) is 27.4 Å². The fourth-order valence-corrected chi connectivity index (χ4v) is 2.40. The van der Waals surface area contributed by atoms with Gasteiger partial charge in [0.2, 0.25) is 5.91 Å². The molecule has 0 heterocycles. The molecule has 26 heavy (non-hydrogen) atoms. The van der Waals surface area contributed by atoms with Crippen molar-refractivity contribution in [3.05, 3.63) is 53.8 Å². The van der Waals surface area contributed by atoms with Crippen LogP contribution in [0.25, 0.3) is 0 Å². The highest BCUT2D eigenvalue weighted by Crippen LogP contribution is 2.23. The van der Waals surface area contributed by atoms with Gasteiger partial charge in [0.05, 0.1) is 20.8 Å². The summed E-state index contributed by atoms with van der Waals surface area (Å²) in [6.45, 7) is 0.822. The third kappa shape index (κ3) is 6.27. The molecule has 0 saturated carbocycles. The van der Waals surface area contributed by atoms with Crippen LogP contribution in [0.3, 0.4) is 0 Å². The van der Waals surface area contributed by atoms with E-state index in [1.807, 2.05) is 12.1 Å². The number of carbonyl (C=O) groups is 1. The summed E-state index contributed by atoms with van der Waals surface area (Å²) in [5.74, 6) is 1.20. The maximum absolute atomic E-state index is 13.4. The summed E-state index contributed by atoms with van der Waals surface area (Å²) < 4.78 is 29.2. The second-order valence-electron chi connectivity index (χ2n) is 5.70. The van der Waals surface area contributed by atoms with Crippen LogP contribution < -0.4 is 19.5 Å². The molecule has 1 N–H and O–H groups in total. The molecule has 140 valence electrons. The number of carbonyl (C=O) groups excluding carboxylic acids is 1. The van der Waals surface area contributed by atoms with Crippen LogP contribution in [-0.4, -0.2) is 33.3 Å². The van der Waals surface area contributed by atoms with Crippen molar-refractivity contribution in [3.8, 4) is 17.2 Å². The van der Waals surface area contributed by atoms with Gasteiger partial charge in [-0.15, -0.1) is 0 Å². The number of methoxy groups -OCH3 is 2. The highest BCUT2D eigenvalue weighted by atomic mass is 19.1. The van der Waals surface area contributed by atoms with Crippen molar-refractivity contribution in [1.29, 1.82) is 0 Å². The number of hydrogen-bond acceptors (Lipinski definition) is 4. The van der Waals surface area contributed by atoms with E-state index in [2.05, 4.69) is 5.32 Å². The molecular weight excluding hydrogens is 337 g/mol. The summed E-state index contributed by atoms with van der Waals surface area (Å²) in [6, 6.07) is 11.8. The first-order valence-electron chi connectivity index (χ1n) is 8.48. The van der Waals surface area contributed by atoms with Crippen LogP contribution in [-0.2, 0) is 11.2 Å². The smallest absolute Gasteiger partial charge is 0.220 e. The first-order chi connectivity index (χ1) is 12.6. The maximum Gasteiger partial charge on any atom is 0.220 e. The van der Waals surface area contributed by atoms with Gasteiger partial charge in [0.1, 0.15) is 11.5 Å². The van der Waals surface area contributed by atoms with Crippen LogP contribution in [0.5, 0.6) is 17.2 Å². The Labute approximate surface area is 153 Å². The predicted octanol–water partition coefficient (Wildman–Crippen LogP) is 3.36. The second kappa shape index (κ2) is 10.3. The first-order valence-corrected chi connectivity index (χ1v) is 8.48. The molecule has 0 aliphatic rings. The lowest BCUT2D eigenvalue weighted by molar-refractivity contribution is -0.121. The zero-order chi connectivity index (χ0) is 18.8. The van der Waals surface area contributed by atoms with Crippen molar-refractivity contribution in [1.82, 2.24) is 5.32 Å². The Kier molecular flexibility index (Phi) is 7.74. The monoisotopic (exact) mass is 361 g/mol. The Morgan fingerprint density at radius 1 is 1.08 bits per heavy atom. The summed E-state index contributed by atoms with van der Waals surface area (Å²) in [7, 11) is 3.18. The number of benzene rings is 2. The van der Waals surface area contributed by atoms with Gasteiger partial charge in [-0.1, -0.05) is 12.1 Å². The highest BCUT2D eigenvalue weighted by molar-refractivity contribution is 5.76. The normalized spacial score (nSPS) is 10.3. The van der Waals surface area contributed by atoms with E-state index in [1.54, 1.807) is 38.5 Å². The first kappa shape index (κ1) is 19.6. The molecule has 2 rings (SSSR count). The largest absolute Gasteiger partial charge is 0.497 e. The lowest BCUT2D eigenvalue weighted by Gasteiger charge is -2.09. The minimum Gasteiger partial charge on any atom is -0.497 e. The van der Waals surface area contributed by atoms with E-state index in [9.17, 15) is 9.18 Å². The van der Waals surface area contributed by atoms with Crippen molar-refractivity contribution in [2.45, 2.75) is 19.3 Å². The van der Waals surface area contributed by atoms with E-state index >= 15 is 0 Å². The zero-order valence-corrected chi connectivity index (χ0v) is 15.1. The van der Waals surface area contributed by atoms with Gasteiger partial charge < -0.3 is 19.5 Å².